The summed E-state index contributed by atoms with van der Waals surface area (Å²) in [7, 11) is 1.76. The van der Waals surface area contributed by atoms with Gasteiger partial charge in [0.25, 0.3) is 0 Å². The van der Waals surface area contributed by atoms with Gasteiger partial charge in [-0.2, -0.15) is 5.10 Å². The number of nitrogens with zero attached hydrogens (tertiary/aromatic N) is 3. The number of carbonyl (C=O) groups is 1. The Morgan fingerprint density at radius 3 is 2.88 bits per heavy atom. The Balaban J connectivity index is 2.20. The lowest BCUT2D eigenvalue weighted by molar-refractivity contribution is 0.104. The summed E-state index contributed by atoms with van der Waals surface area (Å²) in [5.41, 5.74) is 1.24. The van der Waals surface area contributed by atoms with E-state index in [1.54, 1.807) is 36.1 Å². The van der Waals surface area contributed by atoms with E-state index in [-0.39, 0.29) is 5.78 Å². The first-order chi connectivity index (χ1) is 8.18. The van der Waals surface area contributed by atoms with Crippen molar-refractivity contribution in [1.29, 1.82) is 0 Å². The summed E-state index contributed by atoms with van der Waals surface area (Å²) >= 11 is 5.92. The average molecular weight is 248 g/mol. The van der Waals surface area contributed by atoms with Gasteiger partial charge in [-0.3, -0.25) is 14.5 Å². The molecule has 4 nitrogen and oxygen atoms in total. The second-order valence-electron chi connectivity index (χ2n) is 3.44. The smallest absolute Gasteiger partial charge is 0.187 e. The van der Waals surface area contributed by atoms with Gasteiger partial charge in [-0.05, 0) is 24.3 Å². The molecule has 2 rings (SSSR count). The topological polar surface area (TPSA) is 47.8 Å². The molecule has 0 fully saturated rings. The van der Waals surface area contributed by atoms with Crippen molar-refractivity contribution in [3.05, 3.63) is 53.1 Å². The normalized spacial score (nSPS) is 10.9. The Labute approximate surface area is 104 Å². The van der Waals surface area contributed by atoms with E-state index in [1.165, 1.54) is 18.5 Å². The number of hydrogen-bond donors (Lipinski definition) is 0. The second-order valence-corrected chi connectivity index (χ2v) is 3.85. The molecule has 0 saturated heterocycles. The number of aromatic nitrogens is 3. The molecule has 5 heteroatoms. The number of hydrogen-bond acceptors (Lipinski definition) is 3. The van der Waals surface area contributed by atoms with E-state index in [0.717, 1.165) is 0 Å². The van der Waals surface area contributed by atoms with E-state index in [1.807, 2.05) is 0 Å². The summed E-state index contributed by atoms with van der Waals surface area (Å²) in [4.78, 5) is 15.7. The lowest BCUT2D eigenvalue weighted by atomic mass is 10.2. The van der Waals surface area contributed by atoms with Gasteiger partial charge in [-0.25, -0.2) is 0 Å². The third-order valence-corrected chi connectivity index (χ3v) is 2.57. The number of aryl methyl sites for hydroxylation is 1. The Morgan fingerprint density at radius 1 is 1.47 bits per heavy atom. The molecule has 86 valence electrons. The monoisotopic (exact) mass is 247 g/mol. The molecule has 2 heterocycles. The summed E-state index contributed by atoms with van der Waals surface area (Å²) < 4.78 is 1.61. The Bertz CT molecular complexity index is 541. The van der Waals surface area contributed by atoms with Gasteiger partial charge in [-0.1, -0.05) is 11.6 Å². The number of halogens is 1. The number of allylic oxidation sites excluding steroid dienone is 1. The predicted molar refractivity (Wildman–Crippen MR) is 65.8 cm³/mol. The van der Waals surface area contributed by atoms with Crippen molar-refractivity contribution in [2.75, 3.05) is 0 Å². The molecule has 0 aliphatic heterocycles. The molecule has 0 aliphatic carbocycles. The number of rotatable bonds is 3. The van der Waals surface area contributed by atoms with Crippen LogP contribution in [-0.4, -0.2) is 20.5 Å². The molecule has 0 atom stereocenters. The Kier molecular flexibility index (Phi) is 3.35. The van der Waals surface area contributed by atoms with Crippen LogP contribution in [0.5, 0.6) is 0 Å². The lowest BCUT2D eigenvalue weighted by Gasteiger charge is -1.96. The zero-order valence-corrected chi connectivity index (χ0v) is 9.93. The summed E-state index contributed by atoms with van der Waals surface area (Å²) in [5, 5.41) is 4.49. The first-order valence-corrected chi connectivity index (χ1v) is 5.36. The standard InChI is InChI=1S/C12H10ClN3O/c1-16-11(10(13)8-15-16)4-5-12(17)9-3-2-6-14-7-9/h2-8H,1H3/b5-4+. The quantitative estimate of drug-likeness (QED) is 0.618. The lowest BCUT2D eigenvalue weighted by Crippen LogP contribution is -1.96. The minimum atomic E-state index is -0.115. The highest BCUT2D eigenvalue weighted by Crippen LogP contribution is 2.15. The van der Waals surface area contributed by atoms with Crippen molar-refractivity contribution in [1.82, 2.24) is 14.8 Å². The molecule has 0 unspecified atom stereocenters. The molecule has 0 aromatic carbocycles. The van der Waals surface area contributed by atoms with Crippen molar-refractivity contribution in [3.8, 4) is 0 Å². The van der Waals surface area contributed by atoms with Crippen LogP contribution in [0, 0.1) is 0 Å². The first-order valence-electron chi connectivity index (χ1n) is 4.98. The zero-order chi connectivity index (χ0) is 12.3. The minimum Gasteiger partial charge on any atom is -0.289 e. The maximum atomic E-state index is 11.8. The Hall–Kier alpha value is -1.94. The van der Waals surface area contributed by atoms with E-state index >= 15 is 0 Å². The van der Waals surface area contributed by atoms with Gasteiger partial charge < -0.3 is 0 Å². The molecule has 0 spiro atoms. The highest BCUT2D eigenvalue weighted by atomic mass is 35.5. The van der Waals surface area contributed by atoms with Crippen LogP contribution < -0.4 is 0 Å². The highest BCUT2D eigenvalue weighted by Gasteiger charge is 2.04. The van der Waals surface area contributed by atoms with E-state index in [9.17, 15) is 4.79 Å². The highest BCUT2D eigenvalue weighted by molar-refractivity contribution is 6.31. The predicted octanol–water partition coefficient (Wildman–Crippen LogP) is 2.36. The third-order valence-electron chi connectivity index (χ3n) is 2.28. The molecule has 0 N–H and O–H groups in total. The van der Waals surface area contributed by atoms with Crippen molar-refractivity contribution >= 4 is 23.5 Å². The van der Waals surface area contributed by atoms with Crippen LogP contribution in [0.3, 0.4) is 0 Å². The Morgan fingerprint density at radius 2 is 2.29 bits per heavy atom. The molecule has 2 aromatic rings. The molecule has 0 saturated carbocycles. The fraction of sp³-hybridized carbons (Fsp3) is 0.0833. The maximum Gasteiger partial charge on any atom is 0.187 e. The van der Waals surface area contributed by atoms with Crippen molar-refractivity contribution in [2.24, 2.45) is 7.05 Å². The van der Waals surface area contributed by atoms with Gasteiger partial charge in [0.05, 0.1) is 16.9 Å². The third kappa shape index (κ3) is 2.60. The van der Waals surface area contributed by atoms with E-state index < -0.39 is 0 Å². The van der Waals surface area contributed by atoms with Gasteiger partial charge in [0.15, 0.2) is 5.78 Å². The van der Waals surface area contributed by atoms with Crippen molar-refractivity contribution in [3.63, 3.8) is 0 Å². The first kappa shape index (κ1) is 11.5. The molecular formula is C12H10ClN3O. The number of ketones is 1. The molecule has 0 radical (unpaired) electrons. The van der Waals surface area contributed by atoms with Gasteiger partial charge in [0.2, 0.25) is 0 Å². The fourth-order valence-electron chi connectivity index (χ4n) is 1.37. The summed E-state index contributed by atoms with van der Waals surface area (Å²) in [6, 6.07) is 3.43. The van der Waals surface area contributed by atoms with E-state index in [2.05, 4.69) is 10.1 Å². The van der Waals surface area contributed by atoms with Crippen molar-refractivity contribution in [2.45, 2.75) is 0 Å². The van der Waals surface area contributed by atoms with Crippen LogP contribution in [0.2, 0.25) is 5.02 Å². The molecule has 0 amide bonds. The van der Waals surface area contributed by atoms with Gasteiger partial charge in [0.1, 0.15) is 0 Å². The largest absolute Gasteiger partial charge is 0.289 e. The number of pyridine rings is 1. The van der Waals surface area contributed by atoms with E-state index in [0.29, 0.717) is 16.3 Å². The zero-order valence-electron chi connectivity index (χ0n) is 9.17. The summed E-state index contributed by atoms with van der Waals surface area (Å²) in [5.74, 6) is -0.115. The van der Waals surface area contributed by atoms with E-state index in [4.69, 9.17) is 11.6 Å². The molecule has 2 aromatic heterocycles. The van der Waals surface area contributed by atoms with Gasteiger partial charge >= 0.3 is 0 Å². The minimum absolute atomic E-state index is 0.115. The summed E-state index contributed by atoms with van der Waals surface area (Å²) in [6.45, 7) is 0. The van der Waals surface area contributed by atoms with Crippen LogP contribution in [0.25, 0.3) is 6.08 Å². The van der Waals surface area contributed by atoms with Crippen LogP contribution in [-0.2, 0) is 7.05 Å². The fourth-order valence-corrected chi connectivity index (χ4v) is 1.60. The summed E-state index contributed by atoms with van der Waals surface area (Å²) in [6.07, 6.45) is 7.79. The van der Waals surface area contributed by atoms with Crippen LogP contribution in [0.4, 0.5) is 0 Å². The average Bonchev–Trinajstić information content (AvgIpc) is 2.67. The second kappa shape index (κ2) is 4.93. The van der Waals surface area contributed by atoms with Crippen LogP contribution in [0.1, 0.15) is 16.1 Å². The number of carbonyl (C=O) groups excluding carboxylic acids is 1. The maximum absolute atomic E-state index is 11.8. The molecule has 17 heavy (non-hydrogen) atoms. The van der Waals surface area contributed by atoms with Gasteiger partial charge in [0, 0.05) is 25.0 Å². The molecular weight excluding hydrogens is 238 g/mol. The van der Waals surface area contributed by atoms with Crippen LogP contribution in [0.15, 0.2) is 36.8 Å². The SMILES string of the molecule is Cn1ncc(Cl)c1/C=C/C(=O)c1cccnc1. The molecule has 0 aliphatic rings. The van der Waals surface area contributed by atoms with Crippen molar-refractivity contribution < 1.29 is 4.79 Å². The van der Waals surface area contributed by atoms with Gasteiger partial charge in [-0.15, -0.1) is 0 Å². The van der Waals surface area contributed by atoms with Crippen LogP contribution >= 0.6 is 11.6 Å². The molecule has 0 bridgehead atoms.